The number of nitrogens with zero attached hydrogens (tertiary/aromatic N) is 2. The van der Waals surface area contributed by atoms with Crippen LogP contribution in [0.15, 0.2) is 28.9 Å². The molecule has 1 aromatic carbocycles. The standard InChI is InChI=1S/C13H13BrIN3/c1-8-7-18(13(16-8)17-9-2-3-9)10-4-5-11(14)12(15)6-10/h4-7,9H,2-3H2,1H3,(H,16,17). The van der Waals surface area contributed by atoms with Crippen molar-refractivity contribution in [1.82, 2.24) is 9.55 Å². The van der Waals surface area contributed by atoms with Gasteiger partial charge in [-0.25, -0.2) is 4.98 Å². The van der Waals surface area contributed by atoms with Gasteiger partial charge in [0.2, 0.25) is 5.95 Å². The summed E-state index contributed by atoms with van der Waals surface area (Å²) in [6.07, 6.45) is 4.58. The van der Waals surface area contributed by atoms with Gasteiger partial charge in [0.05, 0.1) is 5.69 Å². The van der Waals surface area contributed by atoms with E-state index in [1.807, 2.05) is 6.92 Å². The van der Waals surface area contributed by atoms with E-state index in [0.29, 0.717) is 6.04 Å². The number of anilines is 1. The molecule has 0 bridgehead atoms. The van der Waals surface area contributed by atoms with Crippen LogP contribution in [0.25, 0.3) is 5.69 Å². The summed E-state index contributed by atoms with van der Waals surface area (Å²) in [4.78, 5) is 4.56. The summed E-state index contributed by atoms with van der Waals surface area (Å²) in [5.41, 5.74) is 2.18. The molecule has 1 aliphatic rings. The van der Waals surface area contributed by atoms with E-state index < -0.39 is 0 Å². The molecular formula is C13H13BrIN3. The van der Waals surface area contributed by atoms with E-state index in [2.05, 4.69) is 77.8 Å². The zero-order valence-corrected chi connectivity index (χ0v) is 13.7. The second kappa shape index (κ2) is 4.85. The SMILES string of the molecule is Cc1cn(-c2ccc(Br)c(I)c2)c(NC2CC2)n1. The van der Waals surface area contributed by atoms with Gasteiger partial charge in [-0.1, -0.05) is 0 Å². The van der Waals surface area contributed by atoms with Crippen LogP contribution in [0.5, 0.6) is 0 Å². The predicted octanol–water partition coefficient (Wildman–Crippen LogP) is 4.12. The van der Waals surface area contributed by atoms with Crippen molar-refractivity contribution in [3.05, 3.63) is 38.1 Å². The maximum atomic E-state index is 4.56. The number of nitrogens with one attached hydrogen (secondary N) is 1. The molecule has 0 amide bonds. The van der Waals surface area contributed by atoms with Crippen LogP contribution in [0, 0.1) is 10.5 Å². The van der Waals surface area contributed by atoms with E-state index in [9.17, 15) is 0 Å². The van der Waals surface area contributed by atoms with Crippen molar-refractivity contribution in [2.75, 3.05) is 5.32 Å². The lowest BCUT2D eigenvalue weighted by Crippen LogP contribution is -2.07. The summed E-state index contributed by atoms with van der Waals surface area (Å²) in [7, 11) is 0. The van der Waals surface area contributed by atoms with Crippen molar-refractivity contribution in [2.45, 2.75) is 25.8 Å². The average molecular weight is 418 g/mol. The van der Waals surface area contributed by atoms with Gasteiger partial charge in [-0.05, 0) is 76.5 Å². The fourth-order valence-electron chi connectivity index (χ4n) is 1.84. The van der Waals surface area contributed by atoms with Gasteiger partial charge in [0.15, 0.2) is 0 Å². The number of rotatable bonds is 3. The van der Waals surface area contributed by atoms with E-state index in [0.717, 1.165) is 21.8 Å². The van der Waals surface area contributed by atoms with Crippen LogP contribution < -0.4 is 5.32 Å². The highest BCUT2D eigenvalue weighted by Crippen LogP contribution is 2.28. The molecule has 0 radical (unpaired) electrons. The summed E-state index contributed by atoms with van der Waals surface area (Å²) < 4.78 is 4.46. The van der Waals surface area contributed by atoms with Gasteiger partial charge in [-0.3, -0.25) is 4.57 Å². The molecule has 1 aliphatic carbocycles. The molecule has 1 fully saturated rings. The van der Waals surface area contributed by atoms with Gasteiger partial charge in [0, 0.05) is 26.0 Å². The van der Waals surface area contributed by atoms with Gasteiger partial charge >= 0.3 is 0 Å². The third kappa shape index (κ3) is 2.56. The van der Waals surface area contributed by atoms with E-state index >= 15 is 0 Å². The third-order valence-electron chi connectivity index (χ3n) is 2.92. The van der Waals surface area contributed by atoms with Crippen molar-refractivity contribution in [1.29, 1.82) is 0 Å². The quantitative estimate of drug-likeness (QED) is 0.761. The molecule has 0 atom stereocenters. The second-order valence-electron chi connectivity index (χ2n) is 4.59. The molecule has 0 saturated heterocycles. The zero-order chi connectivity index (χ0) is 12.7. The number of halogens is 2. The van der Waals surface area contributed by atoms with Crippen LogP contribution in [0.3, 0.4) is 0 Å². The Bertz CT molecular complexity index is 590. The minimum Gasteiger partial charge on any atom is -0.353 e. The summed E-state index contributed by atoms with van der Waals surface area (Å²) in [5.74, 6) is 0.952. The fraction of sp³-hybridized carbons (Fsp3) is 0.308. The van der Waals surface area contributed by atoms with Crippen LogP contribution in [-0.2, 0) is 0 Å². The first-order chi connectivity index (χ1) is 8.63. The number of hydrogen-bond donors (Lipinski definition) is 1. The van der Waals surface area contributed by atoms with Crippen molar-refractivity contribution >= 4 is 44.5 Å². The minimum absolute atomic E-state index is 0.611. The predicted molar refractivity (Wildman–Crippen MR) is 85.4 cm³/mol. The normalized spacial score (nSPS) is 14.8. The lowest BCUT2D eigenvalue weighted by Gasteiger charge is -2.10. The molecule has 94 valence electrons. The van der Waals surface area contributed by atoms with Gasteiger partial charge < -0.3 is 5.32 Å². The Balaban J connectivity index is 2.00. The summed E-state index contributed by atoms with van der Waals surface area (Å²) >= 11 is 5.86. The van der Waals surface area contributed by atoms with E-state index in [1.54, 1.807) is 0 Å². The maximum absolute atomic E-state index is 4.56. The molecule has 5 heteroatoms. The first-order valence-corrected chi connectivity index (χ1v) is 7.78. The number of hydrogen-bond acceptors (Lipinski definition) is 2. The van der Waals surface area contributed by atoms with E-state index in [1.165, 1.54) is 16.4 Å². The number of aromatic nitrogens is 2. The highest BCUT2D eigenvalue weighted by molar-refractivity contribution is 14.1. The van der Waals surface area contributed by atoms with Crippen LogP contribution in [0.1, 0.15) is 18.5 Å². The first-order valence-electron chi connectivity index (χ1n) is 5.91. The number of aryl methyl sites for hydroxylation is 1. The highest BCUT2D eigenvalue weighted by Gasteiger charge is 2.23. The Hall–Kier alpha value is -0.560. The van der Waals surface area contributed by atoms with E-state index in [4.69, 9.17) is 0 Å². The molecule has 0 unspecified atom stereocenters. The van der Waals surface area contributed by atoms with Crippen molar-refractivity contribution < 1.29 is 0 Å². The van der Waals surface area contributed by atoms with Crippen molar-refractivity contribution in [3.8, 4) is 5.69 Å². The van der Waals surface area contributed by atoms with E-state index in [-0.39, 0.29) is 0 Å². The average Bonchev–Trinajstić information content (AvgIpc) is 3.06. The molecule has 2 aromatic rings. The number of imidazole rings is 1. The molecular weight excluding hydrogens is 405 g/mol. The van der Waals surface area contributed by atoms with Gasteiger partial charge in [-0.2, -0.15) is 0 Å². The zero-order valence-electron chi connectivity index (χ0n) is 9.95. The summed E-state index contributed by atoms with van der Waals surface area (Å²) in [5, 5.41) is 3.48. The molecule has 1 N–H and O–H groups in total. The van der Waals surface area contributed by atoms with Crippen LogP contribution in [-0.4, -0.2) is 15.6 Å². The number of benzene rings is 1. The molecule has 3 rings (SSSR count). The Morgan fingerprint density at radius 1 is 1.44 bits per heavy atom. The Morgan fingerprint density at radius 2 is 2.22 bits per heavy atom. The monoisotopic (exact) mass is 417 g/mol. The fourth-order valence-corrected chi connectivity index (χ4v) is 2.59. The van der Waals surface area contributed by atoms with Crippen LogP contribution >= 0.6 is 38.5 Å². The molecule has 1 saturated carbocycles. The maximum Gasteiger partial charge on any atom is 0.207 e. The van der Waals surface area contributed by atoms with Gasteiger partial charge in [0.1, 0.15) is 0 Å². The third-order valence-corrected chi connectivity index (χ3v) is 5.24. The minimum atomic E-state index is 0.611. The Labute approximate surface area is 128 Å². The molecule has 1 aromatic heterocycles. The molecule has 3 nitrogen and oxygen atoms in total. The van der Waals surface area contributed by atoms with Gasteiger partial charge in [-0.15, -0.1) is 0 Å². The lowest BCUT2D eigenvalue weighted by molar-refractivity contribution is 1.00. The van der Waals surface area contributed by atoms with Crippen LogP contribution in [0.4, 0.5) is 5.95 Å². The Morgan fingerprint density at radius 3 is 2.89 bits per heavy atom. The van der Waals surface area contributed by atoms with Crippen LogP contribution in [0.2, 0.25) is 0 Å². The summed E-state index contributed by atoms with van der Waals surface area (Å²) in [6.45, 7) is 2.03. The largest absolute Gasteiger partial charge is 0.353 e. The first kappa shape index (κ1) is 12.5. The topological polar surface area (TPSA) is 29.9 Å². The lowest BCUT2D eigenvalue weighted by atomic mass is 10.3. The van der Waals surface area contributed by atoms with Crippen molar-refractivity contribution in [3.63, 3.8) is 0 Å². The molecule has 18 heavy (non-hydrogen) atoms. The smallest absolute Gasteiger partial charge is 0.207 e. The molecule has 1 heterocycles. The van der Waals surface area contributed by atoms with Crippen molar-refractivity contribution in [2.24, 2.45) is 0 Å². The molecule has 0 spiro atoms. The van der Waals surface area contributed by atoms with Gasteiger partial charge in [0.25, 0.3) is 0 Å². The molecule has 0 aliphatic heterocycles. The Kier molecular flexibility index (Phi) is 3.36. The highest BCUT2D eigenvalue weighted by atomic mass is 127. The summed E-state index contributed by atoms with van der Waals surface area (Å²) in [6, 6.07) is 6.95. The second-order valence-corrected chi connectivity index (χ2v) is 6.61.